The van der Waals surface area contributed by atoms with Crippen LogP contribution in [0.15, 0.2) is 12.4 Å². The van der Waals surface area contributed by atoms with Crippen LogP contribution in [0.3, 0.4) is 0 Å². The Hall–Kier alpha value is -1.69. The fourth-order valence-corrected chi connectivity index (χ4v) is 3.91. The number of nitrogens with zero attached hydrogens (tertiary/aromatic N) is 2. The Morgan fingerprint density at radius 1 is 1.38 bits per heavy atom. The van der Waals surface area contributed by atoms with Crippen molar-refractivity contribution in [3.8, 4) is 0 Å². The van der Waals surface area contributed by atoms with Crippen LogP contribution in [0.25, 0.3) is 10.2 Å². The van der Waals surface area contributed by atoms with Gasteiger partial charge in [-0.2, -0.15) is 0 Å². The lowest BCUT2D eigenvalue weighted by Crippen LogP contribution is -2.39. The number of aliphatic carboxylic acids is 1. The molecule has 2 aromatic heterocycles. The number of anilines is 1. The van der Waals surface area contributed by atoms with E-state index < -0.39 is 11.4 Å². The molecule has 0 amide bonds. The van der Waals surface area contributed by atoms with E-state index in [9.17, 15) is 9.90 Å². The topological polar surface area (TPSA) is 75.1 Å². The van der Waals surface area contributed by atoms with Crippen LogP contribution in [0.2, 0.25) is 0 Å². The second-order valence-corrected chi connectivity index (χ2v) is 7.03. The molecule has 2 aromatic rings. The van der Waals surface area contributed by atoms with E-state index >= 15 is 0 Å². The van der Waals surface area contributed by atoms with E-state index in [1.165, 1.54) is 11.2 Å². The summed E-state index contributed by atoms with van der Waals surface area (Å²) < 4.78 is 0. The normalized spacial score (nSPS) is 17.8. The zero-order valence-corrected chi connectivity index (χ0v) is 12.9. The Kier molecular flexibility index (Phi) is 3.80. The fraction of sp³-hybridized carbons (Fsp3) is 0.533. The summed E-state index contributed by atoms with van der Waals surface area (Å²) in [7, 11) is 0. The van der Waals surface area contributed by atoms with E-state index in [1.54, 1.807) is 11.3 Å². The van der Waals surface area contributed by atoms with Gasteiger partial charge in [0.1, 0.15) is 17.0 Å². The van der Waals surface area contributed by atoms with Crippen molar-refractivity contribution in [1.82, 2.24) is 9.97 Å². The number of carboxylic acid groups (broad SMARTS) is 1. The van der Waals surface area contributed by atoms with Gasteiger partial charge in [-0.05, 0) is 25.8 Å². The smallest absolute Gasteiger partial charge is 0.311 e. The number of aromatic nitrogens is 2. The molecular weight excluding hydrogens is 286 g/mol. The van der Waals surface area contributed by atoms with Gasteiger partial charge in [0.25, 0.3) is 0 Å². The third-order valence-electron chi connectivity index (χ3n) is 4.31. The number of rotatable bonds is 4. The Bertz CT molecular complexity index is 662. The highest BCUT2D eigenvalue weighted by molar-refractivity contribution is 7.18. The molecule has 1 aliphatic rings. The third kappa shape index (κ3) is 2.72. The van der Waals surface area contributed by atoms with Crippen LogP contribution in [0.4, 0.5) is 5.82 Å². The number of carboxylic acids is 1. The first-order valence-corrected chi connectivity index (χ1v) is 8.11. The summed E-state index contributed by atoms with van der Waals surface area (Å²) in [6.07, 6.45) is 6.14. The minimum absolute atomic E-state index is 0.434. The Morgan fingerprint density at radius 3 is 2.86 bits per heavy atom. The molecule has 0 radical (unpaired) electrons. The molecule has 1 saturated carbocycles. The van der Waals surface area contributed by atoms with E-state index in [1.807, 2.05) is 6.92 Å². The first-order valence-electron chi connectivity index (χ1n) is 7.29. The lowest BCUT2D eigenvalue weighted by molar-refractivity contribution is -0.150. The fourth-order valence-electron chi connectivity index (χ4n) is 3.06. The highest BCUT2D eigenvalue weighted by Crippen LogP contribution is 2.37. The molecule has 5 nitrogen and oxygen atoms in total. The average Bonchev–Trinajstić information content (AvgIpc) is 2.86. The molecule has 0 aliphatic heterocycles. The summed E-state index contributed by atoms with van der Waals surface area (Å²) in [5.74, 6) is 0.0528. The number of thiophene rings is 1. The van der Waals surface area contributed by atoms with Crippen molar-refractivity contribution in [2.45, 2.75) is 39.0 Å². The lowest BCUT2D eigenvalue weighted by atomic mass is 9.74. The van der Waals surface area contributed by atoms with Gasteiger partial charge in [-0.15, -0.1) is 11.3 Å². The monoisotopic (exact) mass is 305 g/mol. The highest BCUT2D eigenvalue weighted by Gasteiger charge is 2.39. The van der Waals surface area contributed by atoms with Crippen molar-refractivity contribution in [2.24, 2.45) is 5.41 Å². The first-order chi connectivity index (χ1) is 10.1. The van der Waals surface area contributed by atoms with Gasteiger partial charge < -0.3 is 10.4 Å². The predicted octanol–water partition coefficient (Wildman–Crippen LogP) is 3.45. The second kappa shape index (κ2) is 5.60. The van der Waals surface area contributed by atoms with Gasteiger partial charge in [0.05, 0.1) is 10.8 Å². The van der Waals surface area contributed by atoms with E-state index in [-0.39, 0.29) is 0 Å². The Morgan fingerprint density at radius 2 is 2.14 bits per heavy atom. The molecular formula is C15H19N3O2S. The Labute approximate surface area is 127 Å². The number of aryl methyl sites for hydroxylation is 1. The van der Waals surface area contributed by atoms with Crippen LogP contribution < -0.4 is 5.32 Å². The lowest BCUT2D eigenvalue weighted by Gasteiger charge is -2.33. The standard InChI is InChI=1S/C15H19N3O2S/c1-10-7-11-12(17-9-18-13(11)21-10)16-8-15(14(19)20)5-3-2-4-6-15/h7,9H,2-6,8H2,1H3,(H,19,20)(H,16,17,18). The van der Waals surface area contributed by atoms with E-state index in [0.717, 1.165) is 48.1 Å². The van der Waals surface area contributed by atoms with Gasteiger partial charge in [-0.3, -0.25) is 4.79 Å². The van der Waals surface area contributed by atoms with Crippen molar-refractivity contribution >= 4 is 33.3 Å². The van der Waals surface area contributed by atoms with Gasteiger partial charge in [0.2, 0.25) is 0 Å². The van der Waals surface area contributed by atoms with Gasteiger partial charge in [-0.25, -0.2) is 9.97 Å². The summed E-state index contributed by atoms with van der Waals surface area (Å²) in [6.45, 7) is 2.47. The molecule has 1 aliphatic carbocycles. The molecule has 1 fully saturated rings. The Balaban J connectivity index is 1.83. The van der Waals surface area contributed by atoms with Crippen molar-refractivity contribution in [3.05, 3.63) is 17.3 Å². The van der Waals surface area contributed by atoms with Crippen LogP contribution in [0.5, 0.6) is 0 Å². The summed E-state index contributed by atoms with van der Waals surface area (Å²) in [5.41, 5.74) is -0.652. The molecule has 0 spiro atoms. The molecule has 112 valence electrons. The number of hydrogen-bond acceptors (Lipinski definition) is 5. The number of carbonyl (C=O) groups is 1. The molecule has 0 aromatic carbocycles. The number of nitrogens with one attached hydrogen (secondary N) is 1. The SMILES string of the molecule is Cc1cc2c(NCC3(C(=O)O)CCCCC3)ncnc2s1. The van der Waals surface area contributed by atoms with Gasteiger partial charge in [0, 0.05) is 11.4 Å². The highest BCUT2D eigenvalue weighted by atomic mass is 32.1. The van der Waals surface area contributed by atoms with Crippen molar-refractivity contribution in [2.75, 3.05) is 11.9 Å². The van der Waals surface area contributed by atoms with Crippen molar-refractivity contribution in [3.63, 3.8) is 0 Å². The molecule has 0 bridgehead atoms. The zero-order chi connectivity index (χ0) is 14.9. The number of fused-ring (bicyclic) bond motifs is 1. The van der Waals surface area contributed by atoms with E-state index in [0.29, 0.717) is 6.54 Å². The van der Waals surface area contributed by atoms with E-state index in [2.05, 4.69) is 21.4 Å². The summed E-state index contributed by atoms with van der Waals surface area (Å²) in [5, 5.41) is 13.9. The largest absolute Gasteiger partial charge is 0.481 e. The van der Waals surface area contributed by atoms with Crippen LogP contribution in [-0.2, 0) is 4.79 Å². The predicted molar refractivity (Wildman–Crippen MR) is 83.8 cm³/mol. The van der Waals surface area contributed by atoms with Crippen LogP contribution >= 0.6 is 11.3 Å². The summed E-state index contributed by atoms with van der Waals surface area (Å²) in [6, 6.07) is 2.05. The molecule has 0 saturated heterocycles. The summed E-state index contributed by atoms with van der Waals surface area (Å²) >= 11 is 1.63. The van der Waals surface area contributed by atoms with Crippen LogP contribution in [0, 0.1) is 12.3 Å². The molecule has 21 heavy (non-hydrogen) atoms. The molecule has 0 unspecified atom stereocenters. The third-order valence-corrected chi connectivity index (χ3v) is 5.27. The van der Waals surface area contributed by atoms with E-state index in [4.69, 9.17) is 0 Å². The van der Waals surface area contributed by atoms with Gasteiger partial charge >= 0.3 is 5.97 Å². The average molecular weight is 305 g/mol. The second-order valence-electron chi connectivity index (χ2n) is 5.80. The van der Waals surface area contributed by atoms with Gasteiger partial charge in [-0.1, -0.05) is 19.3 Å². The van der Waals surface area contributed by atoms with Crippen molar-refractivity contribution in [1.29, 1.82) is 0 Å². The quantitative estimate of drug-likeness (QED) is 0.905. The van der Waals surface area contributed by atoms with Crippen molar-refractivity contribution < 1.29 is 9.90 Å². The zero-order valence-electron chi connectivity index (χ0n) is 12.1. The number of hydrogen-bond donors (Lipinski definition) is 2. The maximum Gasteiger partial charge on any atom is 0.311 e. The van der Waals surface area contributed by atoms with Crippen LogP contribution in [-0.4, -0.2) is 27.6 Å². The molecule has 6 heteroatoms. The van der Waals surface area contributed by atoms with Gasteiger partial charge in [0.15, 0.2) is 0 Å². The minimum Gasteiger partial charge on any atom is -0.481 e. The molecule has 2 heterocycles. The van der Waals surface area contributed by atoms with Crippen LogP contribution in [0.1, 0.15) is 37.0 Å². The first kappa shape index (κ1) is 14.3. The molecule has 0 atom stereocenters. The molecule has 2 N–H and O–H groups in total. The minimum atomic E-state index is -0.693. The summed E-state index contributed by atoms with van der Waals surface area (Å²) in [4.78, 5) is 22.4. The maximum atomic E-state index is 11.7. The maximum absolute atomic E-state index is 11.7. The molecule has 3 rings (SSSR count).